The first kappa shape index (κ1) is 12.9. The molecule has 3 atom stereocenters. The molecule has 0 aliphatic carbocycles. The van der Waals surface area contributed by atoms with Crippen LogP contribution in [0.25, 0.3) is 0 Å². The number of aliphatic hydroxyl groups is 1. The molecular formula is C11H24N2O2. The average Bonchev–Trinajstić information content (AvgIpc) is 2.21. The lowest BCUT2D eigenvalue weighted by Crippen LogP contribution is -2.48. The number of piperidine rings is 1. The minimum atomic E-state index is 0.0842. The zero-order valence-electron chi connectivity index (χ0n) is 9.85. The molecule has 1 heterocycles. The first-order valence-corrected chi connectivity index (χ1v) is 5.79. The molecule has 1 aliphatic heterocycles. The Morgan fingerprint density at radius 3 is 2.93 bits per heavy atom. The van der Waals surface area contributed by atoms with Gasteiger partial charge in [0, 0.05) is 32.8 Å². The van der Waals surface area contributed by atoms with E-state index in [1.165, 1.54) is 6.42 Å². The van der Waals surface area contributed by atoms with Crippen molar-refractivity contribution in [3.05, 3.63) is 0 Å². The molecule has 1 fully saturated rings. The van der Waals surface area contributed by atoms with E-state index in [-0.39, 0.29) is 12.6 Å². The van der Waals surface area contributed by atoms with Crippen molar-refractivity contribution in [1.29, 1.82) is 0 Å². The van der Waals surface area contributed by atoms with Gasteiger partial charge in [0.1, 0.15) is 0 Å². The summed E-state index contributed by atoms with van der Waals surface area (Å²) in [5.74, 6) is 0.639. The van der Waals surface area contributed by atoms with Crippen molar-refractivity contribution in [1.82, 2.24) is 4.90 Å². The minimum Gasteiger partial charge on any atom is -0.396 e. The quantitative estimate of drug-likeness (QED) is 0.682. The van der Waals surface area contributed by atoms with Gasteiger partial charge in [-0.15, -0.1) is 0 Å². The fraction of sp³-hybridized carbons (Fsp3) is 1.00. The smallest absolute Gasteiger partial charge is 0.0724 e. The van der Waals surface area contributed by atoms with Gasteiger partial charge >= 0.3 is 0 Å². The van der Waals surface area contributed by atoms with Gasteiger partial charge in [-0.25, -0.2) is 0 Å². The largest absolute Gasteiger partial charge is 0.396 e. The molecule has 0 aromatic heterocycles. The molecular weight excluding hydrogens is 192 g/mol. The van der Waals surface area contributed by atoms with Crippen molar-refractivity contribution < 1.29 is 9.84 Å². The van der Waals surface area contributed by atoms with Gasteiger partial charge in [-0.2, -0.15) is 0 Å². The summed E-state index contributed by atoms with van der Waals surface area (Å²) in [6.45, 7) is 5.35. The lowest BCUT2D eigenvalue weighted by Gasteiger charge is -2.37. The number of ether oxygens (including phenoxy) is 1. The predicted molar refractivity (Wildman–Crippen MR) is 60.7 cm³/mol. The van der Waals surface area contributed by atoms with Crippen LogP contribution in [0.2, 0.25) is 0 Å². The van der Waals surface area contributed by atoms with Crippen molar-refractivity contribution in [2.24, 2.45) is 11.7 Å². The molecule has 0 bridgehead atoms. The summed E-state index contributed by atoms with van der Waals surface area (Å²) in [7, 11) is 1.78. The fourth-order valence-corrected chi connectivity index (χ4v) is 2.16. The Bertz CT molecular complexity index is 178. The highest BCUT2D eigenvalue weighted by atomic mass is 16.5. The van der Waals surface area contributed by atoms with Gasteiger partial charge in [-0.05, 0) is 25.3 Å². The van der Waals surface area contributed by atoms with Gasteiger partial charge in [0.25, 0.3) is 0 Å². The third kappa shape index (κ3) is 4.07. The van der Waals surface area contributed by atoms with E-state index >= 15 is 0 Å². The molecule has 90 valence electrons. The third-order valence-corrected chi connectivity index (χ3v) is 3.27. The molecule has 0 spiro atoms. The summed E-state index contributed by atoms with van der Waals surface area (Å²) in [4.78, 5) is 2.34. The monoisotopic (exact) mass is 216 g/mol. The number of likely N-dealkylation sites (tertiary alicyclic amines) is 1. The van der Waals surface area contributed by atoms with Crippen LogP contribution in [0.1, 0.15) is 19.8 Å². The van der Waals surface area contributed by atoms with Crippen molar-refractivity contribution in [3.8, 4) is 0 Å². The summed E-state index contributed by atoms with van der Waals surface area (Å²) in [5.41, 5.74) is 5.89. The maximum atomic E-state index is 8.78. The molecule has 0 aromatic carbocycles. The molecule has 1 rings (SSSR count). The molecule has 0 amide bonds. The van der Waals surface area contributed by atoms with Crippen LogP contribution < -0.4 is 5.73 Å². The lowest BCUT2D eigenvalue weighted by atomic mass is 9.95. The van der Waals surface area contributed by atoms with Gasteiger partial charge in [0.05, 0.1) is 6.10 Å². The van der Waals surface area contributed by atoms with Crippen LogP contribution in [0.15, 0.2) is 0 Å². The Kier molecular flexibility index (Phi) is 5.53. The Morgan fingerprint density at radius 2 is 2.33 bits per heavy atom. The molecule has 0 saturated carbocycles. The maximum Gasteiger partial charge on any atom is 0.0724 e. The van der Waals surface area contributed by atoms with Crippen molar-refractivity contribution in [2.45, 2.75) is 31.9 Å². The van der Waals surface area contributed by atoms with Gasteiger partial charge in [-0.1, -0.05) is 6.92 Å². The molecule has 15 heavy (non-hydrogen) atoms. The highest BCUT2D eigenvalue weighted by Gasteiger charge is 2.26. The molecule has 3 N–H and O–H groups in total. The van der Waals surface area contributed by atoms with Crippen molar-refractivity contribution in [3.63, 3.8) is 0 Å². The van der Waals surface area contributed by atoms with E-state index < -0.39 is 0 Å². The number of nitrogens with zero attached hydrogens (tertiary/aromatic N) is 1. The number of rotatable bonds is 5. The van der Waals surface area contributed by atoms with E-state index in [9.17, 15) is 0 Å². The van der Waals surface area contributed by atoms with E-state index in [4.69, 9.17) is 15.6 Å². The summed E-state index contributed by atoms with van der Waals surface area (Å²) in [5, 5.41) is 8.78. The lowest BCUT2D eigenvalue weighted by molar-refractivity contribution is -0.00689. The fourth-order valence-electron chi connectivity index (χ4n) is 2.16. The number of hydrogen-bond acceptors (Lipinski definition) is 4. The van der Waals surface area contributed by atoms with Crippen molar-refractivity contribution in [2.75, 3.05) is 33.4 Å². The first-order valence-electron chi connectivity index (χ1n) is 5.79. The van der Waals surface area contributed by atoms with Crippen LogP contribution in [0.5, 0.6) is 0 Å². The minimum absolute atomic E-state index is 0.0842. The van der Waals surface area contributed by atoms with Crippen LogP contribution in [-0.4, -0.2) is 55.5 Å². The topological polar surface area (TPSA) is 58.7 Å². The van der Waals surface area contributed by atoms with E-state index in [0.29, 0.717) is 18.4 Å². The van der Waals surface area contributed by atoms with Gasteiger partial charge < -0.3 is 15.6 Å². The Balaban J connectivity index is 2.31. The number of methoxy groups -OCH3 is 1. The second-order valence-corrected chi connectivity index (χ2v) is 4.57. The third-order valence-electron chi connectivity index (χ3n) is 3.27. The van der Waals surface area contributed by atoms with Gasteiger partial charge in [0.15, 0.2) is 0 Å². The zero-order chi connectivity index (χ0) is 11.3. The Morgan fingerprint density at radius 1 is 1.60 bits per heavy atom. The van der Waals surface area contributed by atoms with Crippen LogP contribution >= 0.6 is 0 Å². The summed E-state index contributed by atoms with van der Waals surface area (Å²) < 4.78 is 5.44. The van der Waals surface area contributed by atoms with Crippen molar-refractivity contribution >= 4 is 0 Å². The second kappa shape index (κ2) is 6.43. The van der Waals surface area contributed by atoms with Gasteiger partial charge in [-0.3, -0.25) is 4.90 Å². The maximum absolute atomic E-state index is 8.78. The van der Waals surface area contributed by atoms with Gasteiger partial charge in [0.2, 0.25) is 0 Å². The molecule has 3 unspecified atom stereocenters. The predicted octanol–water partition coefficient (Wildman–Crippen LogP) is 0.0529. The molecule has 0 radical (unpaired) electrons. The van der Waals surface area contributed by atoms with Crippen LogP contribution in [-0.2, 0) is 4.74 Å². The standard InChI is InChI=1S/C11H24N2O2/c1-9-3-5-13(8-11(9)15-2)7-10(12)4-6-14/h9-11,14H,3-8,12H2,1-2H3. The molecule has 1 saturated heterocycles. The summed E-state index contributed by atoms with van der Waals surface area (Å²) in [6.07, 6.45) is 2.19. The second-order valence-electron chi connectivity index (χ2n) is 4.57. The number of nitrogens with two attached hydrogens (primary N) is 1. The molecule has 4 nitrogen and oxygen atoms in total. The van der Waals surface area contributed by atoms with E-state index in [1.807, 2.05) is 0 Å². The van der Waals surface area contributed by atoms with Crippen LogP contribution in [0.4, 0.5) is 0 Å². The number of hydrogen-bond donors (Lipinski definition) is 2. The van der Waals surface area contributed by atoms with E-state index in [2.05, 4.69) is 11.8 Å². The number of aliphatic hydroxyl groups excluding tert-OH is 1. The highest BCUT2D eigenvalue weighted by Crippen LogP contribution is 2.19. The Hall–Kier alpha value is -0.160. The van der Waals surface area contributed by atoms with Crippen LogP contribution in [0, 0.1) is 5.92 Å². The molecule has 1 aliphatic rings. The van der Waals surface area contributed by atoms with Crippen LogP contribution in [0.3, 0.4) is 0 Å². The average molecular weight is 216 g/mol. The SMILES string of the molecule is COC1CN(CC(N)CCO)CCC1C. The zero-order valence-corrected chi connectivity index (χ0v) is 9.85. The summed E-state index contributed by atoms with van der Waals surface area (Å²) >= 11 is 0. The first-order chi connectivity index (χ1) is 7.17. The summed E-state index contributed by atoms with van der Waals surface area (Å²) in [6, 6.07) is 0.0842. The highest BCUT2D eigenvalue weighted by molar-refractivity contribution is 4.80. The molecule has 0 aromatic rings. The van der Waals surface area contributed by atoms with E-state index in [1.54, 1.807) is 7.11 Å². The van der Waals surface area contributed by atoms with E-state index in [0.717, 1.165) is 19.6 Å². The normalized spacial score (nSPS) is 30.4. The molecule has 4 heteroatoms. The Labute approximate surface area is 92.4 Å².